The van der Waals surface area contributed by atoms with E-state index < -0.39 is 6.69 Å². The van der Waals surface area contributed by atoms with Crippen molar-refractivity contribution in [3.8, 4) is 0 Å². The van der Waals surface area contributed by atoms with Gasteiger partial charge < -0.3 is 0 Å². The fourth-order valence-corrected chi connectivity index (χ4v) is 2.89. The molecule has 26 heavy (non-hydrogen) atoms. The van der Waals surface area contributed by atoms with Crippen LogP contribution in [0.4, 0.5) is 0 Å². The molecule has 0 saturated carbocycles. The van der Waals surface area contributed by atoms with E-state index in [1.54, 1.807) is 0 Å². The fourth-order valence-electron chi connectivity index (χ4n) is 2.39. The van der Waals surface area contributed by atoms with Crippen molar-refractivity contribution in [1.82, 2.24) is 0 Å². The van der Waals surface area contributed by atoms with E-state index in [1.807, 2.05) is 13.8 Å². The molecule has 4 heteroatoms. The minimum atomic E-state index is -1.71. The molecule has 4 aromatic carbocycles. The minimum Gasteiger partial charge on any atom is -0.168 e. The van der Waals surface area contributed by atoms with Gasteiger partial charge in [0.1, 0.15) is 0 Å². The number of hydrogen-bond acceptors (Lipinski definition) is 0. The Balaban J connectivity index is 0.000000194. The van der Waals surface area contributed by atoms with Crippen LogP contribution in [-0.2, 0) is 21.7 Å². The molecule has 0 N–H and O–H groups in total. The summed E-state index contributed by atoms with van der Waals surface area (Å²) < 4.78 is 0. The van der Waals surface area contributed by atoms with Crippen molar-refractivity contribution in [3.63, 3.8) is 0 Å². The topological polar surface area (TPSA) is 0 Å². The Bertz CT molecular complexity index is 747. The van der Waals surface area contributed by atoms with Crippen LogP contribution in [0.3, 0.4) is 0 Å². The van der Waals surface area contributed by atoms with E-state index in [-0.39, 0.29) is 21.7 Å². The molecule has 0 atom stereocenters. The molecule has 0 bridgehead atoms. The Labute approximate surface area is 182 Å². The largest absolute Gasteiger partial charge is 2.00 e. The summed E-state index contributed by atoms with van der Waals surface area (Å²) in [5, 5.41) is 5.32. The molecule has 0 nitrogen and oxygen atoms in total. The number of hydrogen-bond donors (Lipinski definition) is 0. The maximum absolute atomic E-state index is 5.81. The number of fused-ring (bicyclic) bond motifs is 2. The molecule has 0 aliphatic rings. The van der Waals surface area contributed by atoms with Gasteiger partial charge in [-0.05, 0) is 12.1 Å². The van der Waals surface area contributed by atoms with E-state index in [1.165, 1.54) is 21.5 Å². The van der Waals surface area contributed by atoms with Crippen LogP contribution < -0.4 is 0 Å². The zero-order chi connectivity index (χ0) is 18.1. The summed E-state index contributed by atoms with van der Waals surface area (Å²) in [6.07, 6.45) is 0. The molecule has 0 aromatic heterocycles. The monoisotopic (exact) mass is 434 g/mol. The average molecular weight is 435 g/mol. The molecule has 0 aliphatic heterocycles. The number of benzene rings is 2. The van der Waals surface area contributed by atoms with Gasteiger partial charge in [-0.3, -0.25) is 0 Å². The van der Waals surface area contributed by atoms with Crippen LogP contribution in [-0.4, -0.2) is 6.69 Å². The molecule has 0 spiro atoms. The first-order valence-electron chi connectivity index (χ1n) is 8.64. The quantitative estimate of drug-likeness (QED) is 0.170. The van der Waals surface area contributed by atoms with Gasteiger partial charge in [0.25, 0.3) is 6.69 Å². The van der Waals surface area contributed by atoms with E-state index >= 15 is 0 Å². The van der Waals surface area contributed by atoms with Crippen molar-refractivity contribution < 1.29 is 21.7 Å². The Morgan fingerprint density at radius 1 is 0.692 bits per heavy atom. The Kier molecular flexibility index (Phi) is 10.5. The van der Waals surface area contributed by atoms with Crippen LogP contribution in [0, 0.1) is 0 Å². The van der Waals surface area contributed by atoms with Crippen LogP contribution in [0.5, 0.6) is 0 Å². The van der Waals surface area contributed by atoms with Crippen molar-refractivity contribution in [2.75, 3.05) is 0 Å². The number of halogens is 2. The predicted molar refractivity (Wildman–Crippen MR) is 118 cm³/mol. The minimum absolute atomic E-state index is 0. The van der Waals surface area contributed by atoms with Gasteiger partial charge in [-0.25, -0.2) is 0 Å². The first kappa shape index (κ1) is 23.2. The maximum atomic E-state index is 5.81. The molecule has 0 fully saturated rings. The van der Waals surface area contributed by atoms with E-state index in [0.717, 1.165) is 12.1 Å². The molecule has 0 aliphatic carbocycles. The fraction of sp³-hybridized carbons (Fsp3) is 0.182. The zero-order valence-electron chi connectivity index (χ0n) is 15.3. The second-order valence-corrected chi connectivity index (χ2v) is 13.9. The van der Waals surface area contributed by atoms with Crippen molar-refractivity contribution >= 4 is 50.4 Å². The Morgan fingerprint density at radius 2 is 1.08 bits per heavy atom. The summed E-state index contributed by atoms with van der Waals surface area (Å²) in [6.45, 7) is 2.37. The van der Waals surface area contributed by atoms with Crippen LogP contribution >= 0.6 is 22.2 Å². The normalized spacial score (nSPS) is 10.3. The molecule has 0 unspecified atom stereocenters. The number of rotatable bonds is 2. The molecule has 0 amide bonds. The molecule has 0 heterocycles. The molecular formula is C22H24Cl2SiTi. The van der Waals surface area contributed by atoms with Crippen molar-refractivity contribution in [2.24, 2.45) is 0 Å². The van der Waals surface area contributed by atoms with Crippen LogP contribution in [0.15, 0.2) is 84.9 Å². The van der Waals surface area contributed by atoms with Crippen molar-refractivity contribution in [3.05, 3.63) is 84.9 Å². The predicted octanol–water partition coefficient (Wildman–Crippen LogP) is 8.06. The molecule has 0 radical (unpaired) electrons. The average Bonchev–Trinajstić information content (AvgIpc) is 3.31. The summed E-state index contributed by atoms with van der Waals surface area (Å²) in [5.74, 6) is 0. The van der Waals surface area contributed by atoms with E-state index in [2.05, 4.69) is 84.9 Å². The molecule has 4 aromatic rings. The third-order valence-corrected chi connectivity index (χ3v) is 9.41. The van der Waals surface area contributed by atoms with Gasteiger partial charge in [-0.1, -0.05) is 26.0 Å². The van der Waals surface area contributed by atoms with Crippen molar-refractivity contribution in [2.45, 2.75) is 25.9 Å². The van der Waals surface area contributed by atoms with Gasteiger partial charge in [0.05, 0.1) is 0 Å². The smallest absolute Gasteiger partial charge is 0.168 e. The SMILES string of the molecule is CC[Si](Cl)(Cl)CC.[Ti+2].c1ccc2[cH-]ccc2c1.c1ccc2[cH-]ccc2c1. The summed E-state index contributed by atoms with van der Waals surface area (Å²) in [7, 11) is 0. The molecular weight excluding hydrogens is 411 g/mol. The first-order valence-corrected chi connectivity index (χ1v) is 13.1. The molecule has 4 rings (SSSR count). The second-order valence-electron chi connectivity index (χ2n) is 5.87. The molecule has 134 valence electrons. The van der Waals surface area contributed by atoms with Gasteiger partial charge in [0.15, 0.2) is 0 Å². The van der Waals surface area contributed by atoms with Crippen LogP contribution in [0.2, 0.25) is 12.1 Å². The van der Waals surface area contributed by atoms with Gasteiger partial charge in [-0.2, -0.15) is 35.0 Å². The summed E-state index contributed by atoms with van der Waals surface area (Å²) in [5.41, 5.74) is 0. The van der Waals surface area contributed by atoms with Crippen LogP contribution in [0.1, 0.15) is 13.8 Å². The standard InChI is InChI=1S/2C9H7.C4H10Cl2Si.Ti/c2*1-2-5-9-7-3-6-8(9)4-1;1-3-7(5,6)4-2;/h2*1-7H;3-4H2,1-2H3;/q2*-1;;+2. The van der Waals surface area contributed by atoms with E-state index in [0.29, 0.717) is 0 Å². The van der Waals surface area contributed by atoms with Gasteiger partial charge in [0.2, 0.25) is 0 Å². The third kappa shape index (κ3) is 7.42. The van der Waals surface area contributed by atoms with Crippen LogP contribution in [0.25, 0.3) is 21.5 Å². The Morgan fingerprint density at radius 3 is 1.38 bits per heavy atom. The second kappa shape index (κ2) is 11.8. The van der Waals surface area contributed by atoms with E-state index in [4.69, 9.17) is 22.2 Å². The first-order chi connectivity index (χ1) is 12.1. The molecule has 0 saturated heterocycles. The summed E-state index contributed by atoms with van der Waals surface area (Å²) in [4.78, 5) is 0. The van der Waals surface area contributed by atoms with Gasteiger partial charge in [-0.15, -0.1) is 81.5 Å². The van der Waals surface area contributed by atoms with Gasteiger partial charge in [0, 0.05) is 0 Å². The van der Waals surface area contributed by atoms with E-state index in [9.17, 15) is 0 Å². The maximum Gasteiger partial charge on any atom is 2.00 e. The van der Waals surface area contributed by atoms with Crippen molar-refractivity contribution in [1.29, 1.82) is 0 Å². The summed E-state index contributed by atoms with van der Waals surface area (Å²) >= 11 is 11.6. The van der Waals surface area contributed by atoms with Gasteiger partial charge >= 0.3 is 21.7 Å². The zero-order valence-corrected chi connectivity index (χ0v) is 19.3. The summed E-state index contributed by atoms with van der Waals surface area (Å²) in [6, 6.07) is 31.3. The third-order valence-electron chi connectivity index (χ3n) is 4.13. The Hall–Kier alpha value is -0.829.